The summed E-state index contributed by atoms with van der Waals surface area (Å²) in [6.07, 6.45) is 0.173. The number of benzene rings is 3. The lowest BCUT2D eigenvalue weighted by Gasteiger charge is -2.23. The molecule has 4 heterocycles. The maximum Gasteiger partial charge on any atom is 0.258 e. The lowest BCUT2D eigenvalue weighted by atomic mass is 9.97. The Kier molecular flexibility index (Phi) is 9.06. The summed E-state index contributed by atoms with van der Waals surface area (Å²) >= 11 is 1.34. The van der Waals surface area contributed by atoms with Crippen molar-refractivity contribution in [2.75, 3.05) is 32.5 Å². The van der Waals surface area contributed by atoms with Crippen LogP contribution in [-0.2, 0) is 22.6 Å². The quantitative estimate of drug-likeness (QED) is 0.306. The summed E-state index contributed by atoms with van der Waals surface area (Å²) in [7, 11) is 1.54. The number of hydrogen-bond donors (Lipinski definition) is 3. The highest BCUT2D eigenvalue weighted by Crippen LogP contribution is 2.32. The van der Waals surface area contributed by atoms with Crippen molar-refractivity contribution in [1.82, 2.24) is 20.5 Å². The van der Waals surface area contributed by atoms with Crippen molar-refractivity contribution < 1.29 is 28.6 Å². The number of aromatic nitrogens is 1. The van der Waals surface area contributed by atoms with Gasteiger partial charge >= 0.3 is 0 Å². The van der Waals surface area contributed by atoms with Crippen LogP contribution in [0.4, 0.5) is 5.13 Å². The van der Waals surface area contributed by atoms with Gasteiger partial charge in [-0.15, -0.1) is 11.3 Å². The molecule has 46 heavy (non-hydrogen) atoms. The van der Waals surface area contributed by atoms with Crippen LogP contribution in [0.5, 0.6) is 17.2 Å². The standard InChI is InChI=1S/C34H35N5O6S/c1-20-6-8-23-14-26(20)22-4-3-5-25(13-22)44-18-31(40)36-15-21-7-10-28(29(12-21)43-2)45-30-17-39(16-27(30)38-33(23)42)32(41)11-9-24-19-46-34(35)37-24/h3-8,10,12-14,19,27,30H,9,11,15-18H2,1-2H3,(H2,35,37)(H,36,40)(H,38,42)/t27-,30-/m0/s1. The molecule has 2 atom stereocenters. The number of thiazole rings is 1. The number of nitrogens with one attached hydrogen (secondary N) is 2. The number of likely N-dealkylation sites (tertiary alicyclic amines) is 1. The normalized spacial score (nSPS) is 18.1. The summed E-state index contributed by atoms with van der Waals surface area (Å²) in [5, 5.41) is 8.33. The summed E-state index contributed by atoms with van der Waals surface area (Å²) < 4.78 is 17.9. The minimum atomic E-state index is -0.549. The van der Waals surface area contributed by atoms with E-state index < -0.39 is 12.1 Å². The third kappa shape index (κ3) is 7.07. The molecule has 7 rings (SSSR count). The summed E-state index contributed by atoms with van der Waals surface area (Å²) in [6.45, 7) is 2.63. The van der Waals surface area contributed by atoms with Crippen LogP contribution in [0.25, 0.3) is 11.1 Å². The summed E-state index contributed by atoms with van der Waals surface area (Å²) in [4.78, 5) is 45.6. The topological polar surface area (TPSA) is 145 Å². The average Bonchev–Trinajstić information content (AvgIpc) is 3.67. The van der Waals surface area contributed by atoms with Crippen molar-refractivity contribution >= 4 is 34.2 Å². The van der Waals surface area contributed by atoms with Gasteiger partial charge in [0, 0.05) is 30.5 Å². The number of amides is 3. The molecule has 1 fully saturated rings. The van der Waals surface area contributed by atoms with Gasteiger partial charge in [0.15, 0.2) is 23.2 Å². The first-order valence-corrected chi connectivity index (χ1v) is 15.9. The Morgan fingerprint density at radius 1 is 1.11 bits per heavy atom. The van der Waals surface area contributed by atoms with E-state index in [1.165, 1.54) is 18.4 Å². The summed E-state index contributed by atoms with van der Waals surface area (Å²) in [6, 6.07) is 17.8. The van der Waals surface area contributed by atoms with Crippen molar-refractivity contribution in [3.8, 4) is 28.4 Å². The van der Waals surface area contributed by atoms with E-state index in [0.29, 0.717) is 34.4 Å². The number of ether oxygens (including phenoxy) is 3. The molecule has 0 radical (unpaired) electrons. The number of nitrogens with two attached hydrogens (primary N) is 1. The van der Waals surface area contributed by atoms with Crippen LogP contribution in [0.15, 0.2) is 66.0 Å². The molecule has 3 aliphatic rings. The number of fused-ring (bicyclic) bond motifs is 7. The van der Waals surface area contributed by atoms with Gasteiger partial charge in [-0.25, -0.2) is 4.98 Å². The first-order chi connectivity index (χ1) is 22.2. The molecule has 0 spiro atoms. The molecule has 6 bridgehead atoms. The molecule has 0 aliphatic carbocycles. The van der Waals surface area contributed by atoms with Crippen LogP contribution < -0.4 is 30.6 Å². The number of hydrogen-bond acceptors (Lipinski definition) is 9. The Labute approximate surface area is 270 Å². The first kappa shape index (κ1) is 30.9. The SMILES string of the molecule is COc1cc2ccc1O[C@H]1CN(C(=O)CCc3csc(N)n3)C[C@@H]1NC(=O)c1ccc(C)c(c1)-c1cccc(c1)OCC(=O)NC2. The molecule has 238 valence electrons. The Bertz CT molecular complexity index is 1770. The van der Waals surface area contributed by atoms with Gasteiger partial charge in [-0.05, 0) is 72.0 Å². The number of methoxy groups -OCH3 is 1. The van der Waals surface area contributed by atoms with E-state index in [1.54, 1.807) is 29.2 Å². The number of aryl methyl sites for hydroxylation is 2. The van der Waals surface area contributed by atoms with Gasteiger partial charge in [0.1, 0.15) is 11.9 Å². The predicted octanol–water partition coefficient (Wildman–Crippen LogP) is 3.74. The second kappa shape index (κ2) is 13.5. The highest BCUT2D eigenvalue weighted by Gasteiger charge is 2.38. The number of carbonyl (C=O) groups excluding carboxylic acids is 3. The number of nitrogens with zero attached hydrogens (tertiary/aromatic N) is 2. The molecule has 1 aromatic heterocycles. The van der Waals surface area contributed by atoms with Crippen LogP contribution >= 0.6 is 11.3 Å². The monoisotopic (exact) mass is 641 g/mol. The highest BCUT2D eigenvalue weighted by atomic mass is 32.1. The Hall–Kier alpha value is -5.10. The average molecular weight is 642 g/mol. The molecule has 3 aliphatic heterocycles. The summed E-state index contributed by atoms with van der Waals surface area (Å²) in [5.41, 5.74) is 10.5. The molecular formula is C34H35N5O6S. The molecule has 12 heteroatoms. The van der Waals surface area contributed by atoms with E-state index in [-0.39, 0.29) is 50.4 Å². The maximum absolute atomic E-state index is 13.7. The van der Waals surface area contributed by atoms with Gasteiger partial charge in [-0.3, -0.25) is 14.4 Å². The molecule has 1 saturated heterocycles. The molecule has 11 nitrogen and oxygen atoms in total. The molecular weight excluding hydrogens is 606 g/mol. The van der Waals surface area contributed by atoms with E-state index in [9.17, 15) is 14.4 Å². The van der Waals surface area contributed by atoms with Crippen molar-refractivity contribution in [1.29, 1.82) is 0 Å². The zero-order valence-electron chi connectivity index (χ0n) is 25.6. The van der Waals surface area contributed by atoms with Gasteiger partial charge in [0.05, 0.1) is 25.4 Å². The van der Waals surface area contributed by atoms with Crippen LogP contribution in [0.2, 0.25) is 0 Å². The zero-order chi connectivity index (χ0) is 32.2. The fraction of sp³-hybridized carbons (Fsp3) is 0.294. The van der Waals surface area contributed by atoms with Crippen molar-refractivity contribution in [3.05, 3.63) is 88.4 Å². The van der Waals surface area contributed by atoms with Crippen LogP contribution in [0.3, 0.4) is 0 Å². The molecule has 3 aromatic carbocycles. The zero-order valence-corrected chi connectivity index (χ0v) is 26.4. The number of nitrogen functional groups attached to an aromatic ring is 1. The fourth-order valence-corrected chi connectivity index (χ4v) is 6.23. The predicted molar refractivity (Wildman–Crippen MR) is 174 cm³/mol. The molecule has 4 N–H and O–H groups in total. The molecule has 3 amide bonds. The van der Waals surface area contributed by atoms with E-state index in [0.717, 1.165) is 27.9 Å². The van der Waals surface area contributed by atoms with E-state index in [2.05, 4.69) is 15.6 Å². The highest BCUT2D eigenvalue weighted by molar-refractivity contribution is 7.13. The summed E-state index contributed by atoms with van der Waals surface area (Å²) in [5.74, 6) is 0.839. The maximum atomic E-state index is 13.7. The first-order valence-electron chi connectivity index (χ1n) is 15.0. The van der Waals surface area contributed by atoms with Gasteiger partial charge < -0.3 is 35.5 Å². The van der Waals surface area contributed by atoms with E-state index in [4.69, 9.17) is 19.9 Å². The van der Waals surface area contributed by atoms with Crippen LogP contribution in [0, 0.1) is 6.92 Å². The van der Waals surface area contributed by atoms with Gasteiger partial charge in [0.2, 0.25) is 5.91 Å². The van der Waals surface area contributed by atoms with Gasteiger partial charge in [-0.2, -0.15) is 0 Å². The van der Waals surface area contributed by atoms with Crippen LogP contribution in [-0.4, -0.2) is 66.6 Å². The van der Waals surface area contributed by atoms with Crippen molar-refractivity contribution in [3.63, 3.8) is 0 Å². The third-order valence-corrected chi connectivity index (χ3v) is 8.83. The van der Waals surface area contributed by atoms with Crippen molar-refractivity contribution in [2.24, 2.45) is 0 Å². The van der Waals surface area contributed by atoms with Gasteiger partial charge in [-0.1, -0.05) is 24.3 Å². The second-order valence-corrected chi connectivity index (χ2v) is 12.2. The molecule has 4 aromatic rings. The lowest BCUT2D eigenvalue weighted by molar-refractivity contribution is -0.130. The number of rotatable bonds is 4. The Morgan fingerprint density at radius 2 is 1.98 bits per heavy atom. The smallest absolute Gasteiger partial charge is 0.258 e. The largest absolute Gasteiger partial charge is 0.493 e. The van der Waals surface area contributed by atoms with Crippen molar-refractivity contribution in [2.45, 2.75) is 38.5 Å². The molecule has 0 saturated carbocycles. The molecule has 0 unspecified atom stereocenters. The Balaban J connectivity index is 1.31. The van der Waals surface area contributed by atoms with Gasteiger partial charge in [0.25, 0.3) is 11.8 Å². The number of anilines is 1. The minimum absolute atomic E-state index is 0.0692. The number of carbonyl (C=O) groups is 3. The van der Waals surface area contributed by atoms with E-state index in [1.807, 2.05) is 48.7 Å². The Morgan fingerprint density at radius 3 is 2.78 bits per heavy atom. The minimum Gasteiger partial charge on any atom is -0.493 e. The third-order valence-electron chi connectivity index (χ3n) is 8.11. The fourth-order valence-electron chi connectivity index (χ4n) is 5.63. The lowest BCUT2D eigenvalue weighted by Crippen LogP contribution is -2.45. The van der Waals surface area contributed by atoms with E-state index >= 15 is 0 Å². The second-order valence-electron chi connectivity index (χ2n) is 11.3. The van der Waals surface area contributed by atoms with Crippen LogP contribution in [0.1, 0.15) is 33.6 Å².